The highest BCUT2D eigenvalue weighted by atomic mass is 14.7. The topological polar surface area (TPSA) is 51.6 Å². The Hall–Kier alpha value is -6.52. The molecule has 0 aliphatic heterocycles. The van der Waals surface area contributed by atoms with Crippen molar-refractivity contribution in [3.05, 3.63) is 158 Å². The summed E-state index contributed by atoms with van der Waals surface area (Å²) in [5.41, 5.74) is 9.03. The molecule has 0 amide bonds. The first-order valence-electron chi connectivity index (χ1n) is 16.1. The van der Waals surface area contributed by atoms with Crippen LogP contribution in [0.1, 0.15) is 0 Å². The van der Waals surface area contributed by atoms with Crippen LogP contribution in [0, 0.1) is 0 Å². The maximum absolute atomic E-state index is 5.42. The zero-order chi connectivity index (χ0) is 31.6. The molecule has 0 aliphatic rings. The lowest BCUT2D eigenvalue weighted by atomic mass is 9.92. The Morgan fingerprint density at radius 1 is 0.375 bits per heavy atom. The number of pyridine rings is 4. The van der Waals surface area contributed by atoms with Crippen molar-refractivity contribution in [2.75, 3.05) is 0 Å². The average molecular weight is 611 g/mol. The zero-order valence-corrected chi connectivity index (χ0v) is 25.8. The Labute approximate surface area is 276 Å². The molecule has 4 heteroatoms. The molecule has 4 heterocycles. The lowest BCUT2D eigenvalue weighted by Crippen LogP contribution is -1.93. The van der Waals surface area contributed by atoms with Gasteiger partial charge in [0.05, 0.1) is 27.9 Å². The molecule has 0 spiro atoms. The number of benzene rings is 6. The molecular formula is C44H26N4. The molecule has 0 saturated heterocycles. The van der Waals surface area contributed by atoms with E-state index in [1.165, 1.54) is 32.3 Å². The maximum atomic E-state index is 5.42. The van der Waals surface area contributed by atoms with Crippen LogP contribution >= 0.6 is 0 Å². The fourth-order valence-corrected chi connectivity index (χ4v) is 7.34. The fraction of sp³-hybridized carbons (Fsp3) is 0. The van der Waals surface area contributed by atoms with Crippen molar-refractivity contribution in [2.24, 2.45) is 0 Å². The highest BCUT2D eigenvalue weighted by Crippen LogP contribution is 2.41. The van der Waals surface area contributed by atoms with Gasteiger partial charge in [-0.25, -0.2) is 4.98 Å². The Bertz CT molecular complexity index is 2880. The van der Waals surface area contributed by atoms with Crippen LogP contribution in [0.15, 0.2) is 158 Å². The average Bonchev–Trinajstić information content (AvgIpc) is 3.17. The molecule has 48 heavy (non-hydrogen) atoms. The standard InChI is InChI=1S/C44H26N4/c1-3-12-33-31(10-1)32-11-2-5-14-35(32)43-40(33)34-13-4-6-15-36(34)41(48-43)28-19-17-27(18-20-28)30-21-22-39(47-26-30)38-25-29-9-7-23-45-42(29)44-37(38)16-8-24-46-44/h1-26H. The normalized spacial score (nSPS) is 11.8. The lowest BCUT2D eigenvalue weighted by molar-refractivity contribution is 1.32. The predicted molar refractivity (Wildman–Crippen MR) is 199 cm³/mol. The molecule has 0 atom stereocenters. The van der Waals surface area contributed by atoms with Gasteiger partial charge in [-0.15, -0.1) is 0 Å². The molecule has 0 fully saturated rings. The summed E-state index contributed by atoms with van der Waals surface area (Å²) in [7, 11) is 0. The van der Waals surface area contributed by atoms with Crippen LogP contribution in [0.5, 0.6) is 0 Å². The second-order valence-corrected chi connectivity index (χ2v) is 12.2. The predicted octanol–water partition coefficient (Wildman–Crippen LogP) is 11.2. The number of fused-ring (bicyclic) bond motifs is 11. The molecule has 0 bridgehead atoms. The molecule has 222 valence electrons. The molecule has 0 aliphatic carbocycles. The first-order valence-corrected chi connectivity index (χ1v) is 16.1. The van der Waals surface area contributed by atoms with Crippen molar-refractivity contribution in [3.8, 4) is 33.6 Å². The summed E-state index contributed by atoms with van der Waals surface area (Å²) in [6, 6.07) is 49.2. The van der Waals surface area contributed by atoms with E-state index in [0.717, 1.165) is 66.4 Å². The third-order valence-corrected chi connectivity index (χ3v) is 9.57. The maximum Gasteiger partial charge on any atom is 0.0971 e. The van der Waals surface area contributed by atoms with Gasteiger partial charge in [0.25, 0.3) is 0 Å². The van der Waals surface area contributed by atoms with E-state index in [-0.39, 0.29) is 0 Å². The third-order valence-electron chi connectivity index (χ3n) is 9.57. The summed E-state index contributed by atoms with van der Waals surface area (Å²) in [5, 5.41) is 10.6. The van der Waals surface area contributed by atoms with Crippen LogP contribution in [0.3, 0.4) is 0 Å². The first kappa shape index (κ1) is 26.7. The van der Waals surface area contributed by atoms with Gasteiger partial charge in [0.15, 0.2) is 0 Å². The lowest BCUT2D eigenvalue weighted by Gasteiger charge is -2.15. The number of rotatable bonds is 3. The van der Waals surface area contributed by atoms with E-state index in [1.54, 1.807) is 0 Å². The molecule has 10 rings (SSSR count). The summed E-state index contributed by atoms with van der Waals surface area (Å²) >= 11 is 0. The second kappa shape index (κ2) is 10.5. The third kappa shape index (κ3) is 4.03. The Morgan fingerprint density at radius 3 is 1.71 bits per heavy atom. The molecule has 0 N–H and O–H groups in total. The van der Waals surface area contributed by atoms with Crippen molar-refractivity contribution in [1.82, 2.24) is 19.9 Å². The van der Waals surface area contributed by atoms with Crippen LogP contribution < -0.4 is 0 Å². The summed E-state index contributed by atoms with van der Waals surface area (Å²) in [4.78, 5) is 19.6. The molecule has 4 aromatic heterocycles. The van der Waals surface area contributed by atoms with E-state index in [0.29, 0.717) is 0 Å². The van der Waals surface area contributed by atoms with E-state index in [9.17, 15) is 0 Å². The first-order chi connectivity index (χ1) is 23.8. The van der Waals surface area contributed by atoms with Gasteiger partial charge in [-0.2, -0.15) is 0 Å². The minimum Gasteiger partial charge on any atom is -0.256 e. The zero-order valence-electron chi connectivity index (χ0n) is 25.8. The van der Waals surface area contributed by atoms with Crippen LogP contribution in [0.4, 0.5) is 0 Å². The molecule has 10 aromatic rings. The van der Waals surface area contributed by atoms with Crippen LogP contribution in [-0.2, 0) is 0 Å². The van der Waals surface area contributed by atoms with Crippen molar-refractivity contribution in [2.45, 2.75) is 0 Å². The number of hydrogen-bond acceptors (Lipinski definition) is 4. The molecule has 0 radical (unpaired) electrons. The van der Waals surface area contributed by atoms with Gasteiger partial charge in [-0.05, 0) is 51.4 Å². The minimum atomic E-state index is 0.892. The number of aromatic nitrogens is 4. The summed E-state index contributed by atoms with van der Waals surface area (Å²) in [6.45, 7) is 0. The molecule has 0 saturated carbocycles. The van der Waals surface area contributed by atoms with Gasteiger partial charge in [0, 0.05) is 62.2 Å². The number of nitrogens with zero attached hydrogens (tertiary/aromatic N) is 4. The van der Waals surface area contributed by atoms with Gasteiger partial charge in [0.2, 0.25) is 0 Å². The number of hydrogen-bond donors (Lipinski definition) is 0. The summed E-state index contributed by atoms with van der Waals surface area (Å²) in [5.74, 6) is 0. The van der Waals surface area contributed by atoms with Crippen molar-refractivity contribution in [3.63, 3.8) is 0 Å². The van der Waals surface area contributed by atoms with E-state index in [4.69, 9.17) is 9.97 Å². The van der Waals surface area contributed by atoms with Gasteiger partial charge < -0.3 is 0 Å². The monoisotopic (exact) mass is 610 g/mol. The van der Waals surface area contributed by atoms with Crippen molar-refractivity contribution in [1.29, 1.82) is 0 Å². The highest BCUT2D eigenvalue weighted by molar-refractivity contribution is 6.31. The highest BCUT2D eigenvalue weighted by Gasteiger charge is 2.17. The molecular weight excluding hydrogens is 585 g/mol. The Balaban J connectivity index is 1.08. The Morgan fingerprint density at radius 2 is 0.958 bits per heavy atom. The summed E-state index contributed by atoms with van der Waals surface area (Å²) in [6.07, 6.45) is 5.60. The minimum absolute atomic E-state index is 0.892. The van der Waals surface area contributed by atoms with Crippen molar-refractivity contribution < 1.29 is 0 Å². The van der Waals surface area contributed by atoms with Gasteiger partial charge in [-0.1, -0.05) is 115 Å². The fourth-order valence-electron chi connectivity index (χ4n) is 7.34. The van der Waals surface area contributed by atoms with Crippen LogP contribution in [0.2, 0.25) is 0 Å². The molecule has 4 nitrogen and oxygen atoms in total. The Kier molecular flexibility index (Phi) is 5.84. The molecule has 0 unspecified atom stereocenters. The second-order valence-electron chi connectivity index (χ2n) is 12.2. The largest absolute Gasteiger partial charge is 0.256 e. The van der Waals surface area contributed by atoms with Gasteiger partial charge in [-0.3, -0.25) is 15.0 Å². The van der Waals surface area contributed by atoms with E-state index >= 15 is 0 Å². The van der Waals surface area contributed by atoms with Gasteiger partial charge in [0.1, 0.15) is 0 Å². The SMILES string of the molecule is c1cnc2c(c1)cc(-c1ccc(-c3ccc(-c4nc5c6ccccc6c6ccccc6c5c5ccccc45)cc3)cn1)c1cccnc12. The smallest absolute Gasteiger partial charge is 0.0971 e. The quantitative estimate of drug-likeness (QED) is 0.187. The van der Waals surface area contributed by atoms with Crippen molar-refractivity contribution >= 4 is 65.0 Å². The van der Waals surface area contributed by atoms with E-state index < -0.39 is 0 Å². The molecule has 6 aromatic carbocycles. The van der Waals surface area contributed by atoms with Gasteiger partial charge >= 0.3 is 0 Å². The summed E-state index contributed by atoms with van der Waals surface area (Å²) < 4.78 is 0. The van der Waals surface area contributed by atoms with Crippen LogP contribution in [0.25, 0.3) is 98.7 Å². The van der Waals surface area contributed by atoms with E-state index in [2.05, 4.69) is 137 Å². The van der Waals surface area contributed by atoms with Crippen LogP contribution in [-0.4, -0.2) is 19.9 Å². The van der Waals surface area contributed by atoms with E-state index in [1.807, 2.05) is 30.7 Å².